The van der Waals surface area contributed by atoms with Crippen molar-refractivity contribution in [2.45, 2.75) is 20.0 Å². The molecule has 0 aromatic heterocycles. The number of carbonyl (C=O) groups is 3. The molecule has 1 aromatic carbocycles. The number of anilines is 1. The molecule has 0 aliphatic carbocycles. The number of rotatable bonds is 6. The predicted molar refractivity (Wildman–Crippen MR) is 114 cm³/mol. The highest BCUT2D eigenvalue weighted by molar-refractivity contribution is 14.1. The third kappa shape index (κ3) is 6.50. The molecule has 1 aromatic rings. The maximum absolute atomic E-state index is 12.5. The van der Waals surface area contributed by atoms with Gasteiger partial charge in [0, 0.05) is 21.0 Å². The van der Waals surface area contributed by atoms with Gasteiger partial charge in [0.05, 0.1) is 21.4 Å². The fourth-order valence-corrected chi connectivity index (χ4v) is 5.55. The van der Waals surface area contributed by atoms with Crippen LogP contribution >= 0.6 is 67.8 Å². The molecule has 0 spiro atoms. The summed E-state index contributed by atoms with van der Waals surface area (Å²) in [7, 11) is 0. The number of amides is 1. The van der Waals surface area contributed by atoms with Crippen LogP contribution in [-0.4, -0.2) is 37.1 Å². The summed E-state index contributed by atoms with van der Waals surface area (Å²) in [6, 6.07) is 1.82. The van der Waals surface area contributed by atoms with Gasteiger partial charge in [0.25, 0.3) is 5.91 Å². The Morgan fingerprint density at radius 1 is 1.17 bits per heavy atom. The summed E-state index contributed by atoms with van der Waals surface area (Å²) in [5.74, 6) is -1.36. The largest absolute Gasteiger partial charge is 0.462 e. The zero-order valence-corrected chi connectivity index (χ0v) is 19.3. The molecule has 10 heteroatoms. The Bertz CT molecular complexity index is 666. The number of nitrogens with one attached hydrogen (secondary N) is 1. The molecule has 0 bridgehead atoms. The molecule has 24 heavy (non-hydrogen) atoms. The number of esters is 2. The minimum atomic E-state index is -0.758. The van der Waals surface area contributed by atoms with Gasteiger partial charge in [-0.3, -0.25) is 14.4 Å². The van der Waals surface area contributed by atoms with E-state index in [2.05, 4.69) is 50.5 Å². The minimum absolute atomic E-state index is 0.0176. The maximum Gasteiger partial charge on any atom is 0.303 e. The molecule has 0 heterocycles. The van der Waals surface area contributed by atoms with E-state index in [0.717, 1.165) is 7.14 Å². The number of hydrogen-bond acceptors (Lipinski definition) is 6. The normalized spacial score (nSPS) is 11.5. The fourth-order valence-electron chi connectivity index (χ4n) is 1.69. The maximum atomic E-state index is 12.5. The molecule has 1 rings (SSSR count). The first kappa shape index (κ1) is 21.7. The van der Waals surface area contributed by atoms with Crippen molar-refractivity contribution in [1.82, 2.24) is 5.32 Å². The van der Waals surface area contributed by atoms with Crippen LogP contribution in [0.15, 0.2) is 6.07 Å². The van der Waals surface area contributed by atoms with Crippen LogP contribution in [0, 0.1) is 10.7 Å². The van der Waals surface area contributed by atoms with Crippen LogP contribution in [-0.2, 0) is 19.1 Å². The van der Waals surface area contributed by atoms with Crippen LogP contribution in [0.2, 0.25) is 0 Å². The van der Waals surface area contributed by atoms with Gasteiger partial charge >= 0.3 is 11.9 Å². The lowest BCUT2D eigenvalue weighted by molar-refractivity contribution is -0.155. The van der Waals surface area contributed by atoms with E-state index in [1.54, 1.807) is 0 Å². The van der Waals surface area contributed by atoms with Gasteiger partial charge in [-0.2, -0.15) is 0 Å². The quantitative estimate of drug-likeness (QED) is 0.273. The average Bonchev–Trinajstić information content (AvgIpc) is 2.47. The molecule has 0 saturated heterocycles. The highest BCUT2D eigenvalue weighted by Gasteiger charge is 2.21. The van der Waals surface area contributed by atoms with Crippen molar-refractivity contribution in [3.8, 4) is 0 Å². The zero-order valence-electron chi connectivity index (χ0n) is 12.8. The Labute approximate surface area is 180 Å². The lowest BCUT2D eigenvalue weighted by atomic mass is 10.2. The lowest BCUT2D eigenvalue weighted by Crippen LogP contribution is -2.38. The summed E-state index contributed by atoms with van der Waals surface area (Å²) >= 11 is 6.19. The molecular weight excluding hydrogens is 657 g/mol. The Morgan fingerprint density at radius 2 is 1.79 bits per heavy atom. The van der Waals surface area contributed by atoms with Crippen molar-refractivity contribution >= 4 is 91.3 Å². The molecule has 1 atom stereocenters. The molecular formula is C14H15I3N2O5. The zero-order chi connectivity index (χ0) is 18.4. The Morgan fingerprint density at radius 3 is 2.33 bits per heavy atom. The van der Waals surface area contributed by atoms with Crippen LogP contribution in [0.4, 0.5) is 5.69 Å². The molecule has 0 fully saturated rings. The Kier molecular flexibility index (Phi) is 8.97. The van der Waals surface area contributed by atoms with E-state index in [9.17, 15) is 14.4 Å². The summed E-state index contributed by atoms with van der Waals surface area (Å²) in [4.78, 5) is 34.4. The van der Waals surface area contributed by atoms with E-state index in [-0.39, 0.29) is 19.1 Å². The topological polar surface area (TPSA) is 108 Å². The van der Waals surface area contributed by atoms with Crippen LogP contribution < -0.4 is 11.1 Å². The second-order valence-corrected chi connectivity index (χ2v) is 8.09. The number of hydrogen-bond donors (Lipinski definition) is 2. The second kappa shape index (κ2) is 9.94. The van der Waals surface area contributed by atoms with Gasteiger partial charge in [-0.1, -0.05) is 0 Å². The standard InChI is InChI=1S/C14H15I3N2O5/c1-6(20)23-5-8(24-7(2)21)4-19-14(22)11-9(15)3-10(16)13(18)12(11)17/h3,8H,4-5,18H2,1-2H3,(H,19,22). The van der Waals surface area contributed by atoms with Gasteiger partial charge in [-0.15, -0.1) is 0 Å². The summed E-state index contributed by atoms with van der Waals surface area (Å²) in [6.45, 7) is 2.39. The van der Waals surface area contributed by atoms with Crippen molar-refractivity contribution in [3.63, 3.8) is 0 Å². The van der Waals surface area contributed by atoms with Gasteiger partial charge in [0.2, 0.25) is 0 Å². The Balaban J connectivity index is 2.84. The smallest absolute Gasteiger partial charge is 0.303 e. The summed E-state index contributed by atoms with van der Waals surface area (Å²) in [5, 5.41) is 2.68. The lowest BCUT2D eigenvalue weighted by Gasteiger charge is -2.18. The number of carbonyl (C=O) groups excluding carboxylic acids is 3. The van der Waals surface area contributed by atoms with Crippen LogP contribution in [0.3, 0.4) is 0 Å². The highest BCUT2D eigenvalue weighted by atomic mass is 127. The molecule has 3 N–H and O–H groups in total. The molecule has 1 unspecified atom stereocenters. The van der Waals surface area contributed by atoms with Gasteiger partial charge < -0.3 is 20.5 Å². The number of benzene rings is 1. The summed E-state index contributed by atoms with van der Waals surface area (Å²) in [5.41, 5.74) is 6.97. The highest BCUT2D eigenvalue weighted by Crippen LogP contribution is 2.29. The van der Waals surface area contributed by atoms with Crippen LogP contribution in [0.1, 0.15) is 24.2 Å². The molecule has 1 amide bonds. The fraction of sp³-hybridized carbons (Fsp3) is 0.357. The predicted octanol–water partition coefficient (Wildman–Crippen LogP) is 2.31. The molecule has 0 saturated carbocycles. The average molecular weight is 672 g/mol. The van der Waals surface area contributed by atoms with Crippen molar-refractivity contribution in [1.29, 1.82) is 0 Å². The van der Waals surface area contributed by atoms with Crippen LogP contribution in [0.5, 0.6) is 0 Å². The first-order valence-electron chi connectivity index (χ1n) is 6.65. The van der Waals surface area contributed by atoms with E-state index in [1.807, 2.05) is 28.7 Å². The minimum Gasteiger partial charge on any atom is -0.462 e. The number of ether oxygens (including phenoxy) is 2. The first-order chi connectivity index (χ1) is 11.1. The van der Waals surface area contributed by atoms with Crippen molar-refractivity contribution < 1.29 is 23.9 Å². The molecule has 7 nitrogen and oxygen atoms in total. The second-order valence-electron chi connectivity index (χ2n) is 4.69. The van der Waals surface area contributed by atoms with Gasteiger partial charge in [-0.25, -0.2) is 0 Å². The number of nitrogen functional groups attached to an aromatic ring is 1. The van der Waals surface area contributed by atoms with Crippen molar-refractivity contribution in [2.24, 2.45) is 0 Å². The van der Waals surface area contributed by atoms with Gasteiger partial charge in [-0.05, 0) is 73.8 Å². The van der Waals surface area contributed by atoms with Crippen molar-refractivity contribution in [2.75, 3.05) is 18.9 Å². The third-order valence-electron chi connectivity index (χ3n) is 2.73. The molecule has 132 valence electrons. The molecule has 0 aliphatic heterocycles. The Hall–Kier alpha value is -0.380. The van der Waals surface area contributed by atoms with E-state index in [0.29, 0.717) is 14.8 Å². The molecule has 0 radical (unpaired) electrons. The van der Waals surface area contributed by atoms with Gasteiger partial charge in [0.15, 0.2) is 6.10 Å². The van der Waals surface area contributed by atoms with Gasteiger partial charge in [0.1, 0.15) is 6.61 Å². The molecule has 0 aliphatic rings. The van der Waals surface area contributed by atoms with Crippen LogP contribution in [0.25, 0.3) is 0 Å². The SMILES string of the molecule is CC(=O)OCC(CNC(=O)c1c(I)cc(I)c(N)c1I)OC(C)=O. The monoisotopic (exact) mass is 672 g/mol. The van der Waals surface area contributed by atoms with E-state index in [1.165, 1.54) is 13.8 Å². The van der Waals surface area contributed by atoms with E-state index >= 15 is 0 Å². The van der Waals surface area contributed by atoms with E-state index in [4.69, 9.17) is 15.2 Å². The number of halogens is 3. The summed E-state index contributed by atoms with van der Waals surface area (Å²) < 4.78 is 12.1. The van der Waals surface area contributed by atoms with Crippen molar-refractivity contribution in [3.05, 3.63) is 22.3 Å². The third-order valence-corrected chi connectivity index (χ3v) is 5.59. The summed E-state index contributed by atoms with van der Waals surface area (Å²) in [6.07, 6.45) is -0.758. The number of nitrogens with two attached hydrogens (primary N) is 1. The first-order valence-corrected chi connectivity index (χ1v) is 9.88. The van der Waals surface area contributed by atoms with E-state index < -0.39 is 18.0 Å².